The van der Waals surface area contributed by atoms with Gasteiger partial charge in [0.25, 0.3) is 5.56 Å². The van der Waals surface area contributed by atoms with E-state index in [1.54, 1.807) is 18.2 Å². The fourth-order valence-electron chi connectivity index (χ4n) is 6.77. The molecule has 0 saturated carbocycles. The van der Waals surface area contributed by atoms with Gasteiger partial charge in [-0.2, -0.15) is 0 Å². The van der Waals surface area contributed by atoms with Gasteiger partial charge in [0.2, 0.25) is 11.8 Å². The number of amides is 2. The van der Waals surface area contributed by atoms with Crippen molar-refractivity contribution in [3.05, 3.63) is 100.0 Å². The molecule has 0 unspecified atom stereocenters. The lowest BCUT2D eigenvalue weighted by Gasteiger charge is -2.43. The fourth-order valence-corrected chi connectivity index (χ4v) is 6.77. The first-order valence-corrected chi connectivity index (χ1v) is 15.5. The Balaban J connectivity index is 1.11. The zero-order valence-electron chi connectivity index (χ0n) is 25.4. The van der Waals surface area contributed by atoms with E-state index in [2.05, 4.69) is 32.3 Å². The highest BCUT2D eigenvalue weighted by Crippen LogP contribution is 2.36. The molecule has 6 rings (SSSR count). The van der Waals surface area contributed by atoms with Crippen LogP contribution in [0.5, 0.6) is 0 Å². The largest absolute Gasteiger partial charge is 0.388 e. The lowest BCUT2D eigenvalue weighted by molar-refractivity contribution is -0.142. The summed E-state index contributed by atoms with van der Waals surface area (Å²) in [6, 6.07) is 18.4. The molecule has 2 amide bonds. The van der Waals surface area contributed by atoms with Gasteiger partial charge in [-0.3, -0.25) is 23.9 Å². The van der Waals surface area contributed by atoms with Crippen molar-refractivity contribution in [1.82, 2.24) is 29.7 Å². The van der Waals surface area contributed by atoms with E-state index in [-0.39, 0.29) is 48.1 Å². The van der Waals surface area contributed by atoms with E-state index in [9.17, 15) is 23.9 Å². The van der Waals surface area contributed by atoms with Crippen molar-refractivity contribution in [2.75, 3.05) is 26.2 Å². The molecule has 2 atom stereocenters. The maximum Gasteiger partial charge on any atom is 0.262 e. The van der Waals surface area contributed by atoms with Crippen LogP contribution < -0.4 is 10.9 Å². The minimum Gasteiger partial charge on any atom is -0.388 e. The van der Waals surface area contributed by atoms with Crippen LogP contribution >= 0.6 is 0 Å². The zero-order chi connectivity index (χ0) is 31.6. The standard InChI is InChI=1S/C34H39FN6O4/c1-23(42)36-18-27-17-29-31(38-27)37-22-41(33(29)44)21-34(45)11-14-40(15-12-34)32(43)28-10-13-39(19-24-6-5-9-26(35)16-24)20-30(28)25-7-3-2-4-8-25/h2-9,16-17,22,28,30,38,45H,10-15,18-21H2,1H3,(H,36,42)/t28-,30+/m1/s1. The number of aliphatic hydroxyl groups is 1. The van der Waals surface area contributed by atoms with E-state index in [1.807, 2.05) is 29.2 Å². The van der Waals surface area contributed by atoms with Crippen molar-refractivity contribution in [3.63, 3.8) is 0 Å². The molecule has 2 aromatic heterocycles. The maximum absolute atomic E-state index is 14.0. The molecule has 2 aliphatic heterocycles. The predicted octanol–water partition coefficient (Wildman–Crippen LogP) is 3.16. The topological polar surface area (TPSA) is 124 Å². The van der Waals surface area contributed by atoms with E-state index in [1.165, 1.54) is 23.9 Å². The Hall–Kier alpha value is -4.35. The molecule has 0 aliphatic carbocycles. The van der Waals surface area contributed by atoms with Gasteiger partial charge >= 0.3 is 0 Å². The first kappa shape index (κ1) is 30.7. The highest BCUT2D eigenvalue weighted by molar-refractivity contribution is 5.80. The van der Waals surface area contributed by atoms with Crippen LogP contribution in [0.25, 0.3) is 11.0 Å². The summed E-state index contributed by atoms with van der Waals surface area (Å²) in [7, 11) is 0. The van der Waals surface area contributed by atoms with Crippen LogP contribution in [0.4, 0.5) is 4.39 Å². The molecule has 0 spiro atoms. The minimum absolute atomic E-state index is 0.00455. The van der Waals surface area contributed by atoms with Crippen molar-refractivity contribution in [3.8, 4) is 0 Å². The molecule has 2 aliphatic rings. The van der Waals surface area contributed by atoms with Crippen LogP contribution in [0.2, 0.25) is 0 Å². The van der Waals surface area contributed by atoms with Gasteiger partial charge in [-0.15, -0.1) is 0 Å². The first-order valence-electron chi connectivity index (χ1n) is 15.5. The Bertz CT molecular complexity index is 1730. The molecule has 3 N–H and O–H groups in total. The number of nitrogens with zero attached hydrogens (tertiary/aromatic N) is 4. The summed E-state index contributed by atoms with van der Waals surface area (Å²) in [6.45, 7) is 4.61. The Morgan fingerprint density at radius 3 is 2.60 bits per heavy atom. The van der Waals surface area contributed by atoms with Crippen LogP contribution in [0.1, 0.15) is 48.9 Å². The number of hydrogen-bond acceptors (Lipinski definition) is 6. The van der Waals surface area contributed by atoms with E-state index >= 15 is 0 Å². The number of H-pyrrole nitrogens is 1. The number of fused-ring (bicyclic) bond motifs is 1. The maximum atomic E-state index is 14.0. The van der Waals surface area contributed by atoms with E-state index < -0.39 is 5.60 Å². The number of carbonyl (C=O) groups is 2. The molecule has 236 valence electrons. The monoisotopic (exact) mass is 614 g/mol. The number of carbonyl (C=O) groups excluding carboxylic acids is 2. The van der Waals surface area contributed by atoms with Crippen LogP contribution in [-0.4, -0.2) is 73.0 Å². The summed E-state index contributed by atoms with van der Waals surface area (Å²) in [5.74, 6) is -0.531. The number of benzene rings is 2. The summed E-state index contributed by atoms with van der Waals surface area (Å²) in [5.41, 5.74) is 1.70. The molecule has 0 radical (unpaired) electrons. The number of piperidine rings is 2. The second-order valence-electron chi connectivity index (χ2n) is 12.5. The smallest absolute Gasteiger partial charge is 0.262 e. The van der Waals surface area contributed by atoms with Crippen LogP contribution in [0.3, 0.4) is 0 Å². The average molecular weight is 615 g/mol. The molecule has 10 nitrogen and oxygen atoms in total. The van der Waals surface area contributed by atoms with Crippen LogP contribution in [0, 0.1) is 11.7 Å². The van der Waals surface area contributed by atoms with Crippen molar-refractivity contribution < 1.29 is 19.1 Å². The molecule has 11 heteroatoms. The third-order valence-electron chi connectivity index (χ3n) is 9.21. The van der Waals surface area contributed by atoms with Gasteiger partial charge in [-0.25, -0.2) is 9.37 Å². The molecule has 45 heavy (non-hydrogen) atoms. The summed E-state index contributed by atoms with van der Waals surface area (Å²) >= 11 is 0. The second kappa shape index (κ2) is 12.9. The number of rotatable bonds is 8. The highest BCUT2D eigenvalue weighted by atomic mass is 19.1. The summed E-state index contributed by atoms with van der Waals surface area (Å²) < 4.78 is 15.3. The molecular formula is C34H39FN6O4. The van der Waals surface area contributed by atoms with Crippen molar-refractivity contribution >= 4 is 22.8 Å². The number of halogens is 1. The highest BCUT2D eigenvalue weighted by Gasteiger charge is 2.41. The lowest BCUT2D eigenvalue weighted by Crippen LogP contribution is -2.53. The van der Waals surface area contributed by atoms with E-state index in [0.29, 0.717) is 62.2 Å². The molecular weight excluding hydrogens is 575 g/mol. The van der Waals surface area contributed by atoms with Gasteiger partial charge in [0, 0.05) is 50.6 Å². The number of aromatic amines is 1. The summed E-state index contributed by atoms with van der Waals surface area (Å²) in [4.78, 5) is 50.0. The van der Waals surface area contributed by atoms with Gasteiger partial charge in [0.05, 0.1) is 30.4 Å². The lowest BCUT2D eigenvalue weighted by atomic mass is 9.79. The van der Waals surface area contributed by atoms with E-state index in [0.717, 1.165) is 17.7 Å². The van der Waals surface area contributed by atoms with Crippen LogP contribution in [0.15, 0.2) is 71.8 Å². The third-order valence-corrected chi connectivity index (χ3v) is 9.21. The molecule has 2 fully saturated rings. The Kier molecular flexibility index (Phi) is 8.82. The zero-order valence-corrected chi connectivity index (χ0v) is 25.4. The Morgan fingerprint density at radius 1 is 1.09 bits per heavy atom. The molecule has 2 aromatic carbocycles. The average Bonchev–Trinajstić information content (AvgIpc) is 3.46. The van der Waals surface area contributed by atoms with E-state index in [4.69, 9.17) is 0 Å². The van der Waals surface area contributed by atoms with Crippen molar-refractivity contribution in [2.24, 2.45) is 5.92 Å². The molecule has 0 bridgehead atoms. The van der Waals surface area contributed by atoms with Gasteiger partial charge in [-0.1, -0.05) is 42.5 Å². The van der Waals surface area contributed by atoms with Gasteiger partial charge in [0.15, 0.2) is 0 Å². The number of likely N-dealkylation sites (tertiary alicyclic amines) is 2. The first-order chi connectivity index (χ1) is 21.7. The second-order valence-corrected chi connectivity index (χ2v) is 12.5. The number of aromatic nitrogens is 3. The quantitative estimate of drug-likeness (QED) is 0.280. The number of nitrogens with one attached hydrogen (secondary N) is 2. The van der Waals surface area contributed by atoms with Gasteiger partial charge < -0.3 is 20.3 Å². The fraction of sp³-hybridized carbons (Fsp3) is 0.412. The SMILES string of the molecule is CC(=O)NCc1cc2c(=O)n(CC3(O)CCN(C(=O)[C@@H]4CCN(Cc5cccc(F)c5)C[C@H]4c4ccccc4)CC3)cnc2[nH]1. The van der Waals surface area contributed by atoms with Crippen molar-refractivity contribution in [2.45, 2.75) is 57.3 Å². The van der Waals surface area contributed by atoms with Gasteiger partial charge in [-0.05, 0) is 55.1 Å². The normalized spacial score (nSPS) is 20.3. The van der Waals surface area contributed by atoms with Crippen LogP contribution in [-0.2, 0) is 29.2 Å². The Labute approximate surface area is 260 Å². The van der Waals surface area contributed by atoms with Gasteiger partial charge in [0.1, 0.15) is 11.5 Å². The summed E-state index contributed by atoms with van der Waals surface area (Å²) in [5, 5.41) is 14.6. The Morgan fingerprint density at radius 2 is 1.87 bits per heavy atom. The summed E-state index contributed by atoms with van der Waals surface area (Å²) in [6.07, 6.45) is 2.81. The van der Waals surface area contributed by atoms with Crippen molar-refractivity contribution in [1.29, 1.82) is 0 Å². The molecule has 4 heterocycles. The molecule has 4 aromatic rings. The minimum atomic E-state index is -1.15. The molecule has 2 saturated heterocycles. The third kappa shape index (κ3) is 6.99. The number of hydrogen-bond donors (Lipinski definition) is 3. The predicted molar refractivity (Wildman–Crippen MR) is 168 cm³/mol.